The molecule has 8 nitrogen and oxygen atoms in total. The van der Waals surface area contributed by atoms with Crippen LogP contribution in [0, 0.1) is 0 Å². The third kappa shape index (κ3) is 2.88. The highest BCUT2D eigenvalue weighted by molar-refractivity contribution is 5.67. The van der Waals surface area contributed by atoms with Gasteiger partial charge in [0.1, 0.15) is 12.4 Å². The molecule has 8 heteroatoms. The van der Waals surface area contributed by atoms with Crippen LogP contribution in [0.1, 0.15) is 49.3 Å². The van der Waals surface area contributed by atoms with Crippen molar-refractivity contribution in [3.63, 3.8) is 0 Å². The van der Waals surface area contributed by atoms with E-state index in [0.717, 1.165) is 24.5 Å². The minimum absolute atomic E-state index is 0.239. The van der Waals surface area contributed by atoms with Crippen LogP contribution in [0.3, 0.4) is 0 Å². The standard InChI is InChI=1S/C16H22N6O2/c1-24-16(23)20-9-5-12(6-10-20)15-19-18-14(22(15)13-3-4-13)11-21-8-2-7-17-21/h2,7-8,12-13H,3-6,9-11H2,1H3. The maximum atomic E-state index is 11.6. The van der Waals surface area contributed by atoms with E-state index in [-0.39, 0.29) is 6.09 Å². The molecule has 0 aromatic carbocycles. The number of carbonyl (C=O) groups is 1. The summed E-state index contributed by atoms with van der Waals surface area (Å²) in [6.07, 6.45) is 7.68. The molecule has 0 atom stereocenters. The van der Waals surface area contributed by atoms with E-state index in [9.17, 15) is 4.79 Å². The zero-order valence-corrected chi connectivity index (χ0v) is 13.8. The van der Waals surface area contributed by atoms with Gasteiger partial charge in [0.15, 0.2) is 5.82 Å². The highest BCUT2D eigenvalue weighted by Crippen LogP contribution is 2.39. The van der Waals surface area contributed by atoms with Crippen molar-refractivity contribution in [1.82, 2.24) is 29.4 Å². The molecule has 2 aliphatic rings. The van der Waals surface area contributed by atoms with Gasteiger partial charge in [-0.25, -0.2) is 4.79 Å². The Balaban J connectivity index is 1.51. The number of ether oxygens (including phenoxy) is 1. The van der Waals surface area contributed by atoms with E-state index in [2.05, 4.69) is 19.9 Å². The number of carbonyl (C=O) groups excluding carboxylic acids is 1. The maximum Gasteiger partial charge on any atom is 0.409 e. The van der Waals surface area contributed by atoms with Gasteiger partial charge in [0.05, 0.1) is 7.11 Å². The van der Waals surface area contributed by atoms with Crippen LogP contribution in [0.25, 0.3) is 0 Å². The molecule has 0 bridgehead atoms. The summed E-state index contributed by atoms with van der Waals surface area (Å²) in [4.78, 5) is 13.4. The number of rotatable bonds is 4. The second-order valence-electron chi connectivity index (χ2n) is 6.51. The highest BCUT2D eigenvalue weighted by atomic mass is 16.5. The van der Waals surface area contributed by atoms with Gasteiger partial charge < -0.3 is 14.2 Å². The second-order valence-corrected chi connectivity index (χ2v) is 6.51. The first-order valence-electron chi connectivity index (χ1n) is 8.50. The minimum atomic E-state index is -0.239. The lowest BCUT2D eigenvalue weighted by atomic mass is 9.96. The first-order valence-corrected chi connectivity index (χ1v) is 8.50. The number of piperidine rings is 1. The Kier molecular flexibility index (Phi) is 3.95. The average Bonchev–Trinajstić information content (AvgIpc) is 3.16. The first kappa shape index (κ1) is 15.2. The summed E-state index contributed by atoms with van der Waals surface area (Å²) in [5.41, 5.74) is 0. The summed E-state index contributed by atoms with van der Waals surface area (Å²) < 4.78 is 9.01. The van der Waals surface area contributed by atoms with Crippen molar-refractivity contribution < 1.29 is 9.53 Å². The molecule has 24 heavy (non-hydrogen) atoms. The van der Waals surface area contributed by atoms with Crippen LogP contribution in [-0.2, 0) is 11.3 Å². The molecule has 3 heterocycles. The van der Waals surface area contributed by atoms with E-state index in [1.165, 1.54) is 20.0 Å². The molecule has 1 aliphatic carbocycles. The number of nitrogens with zero attached hydrogens (tertiary/aromatic N) is 6. The quantitative estimate of drug-likeness (QED) is 0.854. The van der Waals surface area contributed by atoms with Gasteiger partial charge in [0.25, 0.3) is 0 Å². The first-order chi connectivity index (χ1) is 11.8. The monoisotopic (exact) mass is 330 g/mol. The lowest BCUT2D eigenvalue weighted by Gasteiger charge is -2.30. The molecule has 0 N–H and O–H groups in total. The van der Waals surface area contributed by atoms with E-state index in [4.69, 9.17) is 4.74 Å². The summed E-state index contributed by atoms with van der Waals surface area (Å²) in [6, 6.07) is 2.44. The van der Waals surface area contributed by atoms with Gasteiger partial charge in [-0.15, -0.1) is 10.2 Å². The molecule has 1 aliphatic heterocycles. The fourth-order valence-corrected chi connectivity index (χ4v) is 3.44. The Morgan fingerprint density at radius 2 is 2.04 bits per heavy atom. The molecule has 128 valence electrons. The molecule has 1 saturated carbocycles. The molecule has 2 aromatic rings. The fraction of sp³-hybridized carbons (Fsp3) is 0.625. The van der Waals surface area contributed by atoms with Crippen molar-refractivity contribution in [2.45, 2.75) is 44.2 Å². The molecule has 0 unspecified atom stereocenters. The summed E-state index contributed by atoms with van der Waals surface area (Å²) in [5.74, 6) is 2.40. The van der Waals surface area contributed by atoms with Crippen molar-refractivity contribution in [3.8, 4) is 0 Å². The zero-order chi connectivity index (χ0) is 16.5. The van der Waals surface area contributed by atoms with Gasteiger partial charge in [-0.1, -0.05) is 0 Å². The van der Waals surface area contributed by atoms with Crippen LogP contribution in [0.2, 0.25) is 0 Å². The smallest absolute Gasteiger partial charge is 0.409 e. The highest BCUT2D eigenvalue weighted by Gasteiger charge is 2.34. The predicted molar refractivity (Wildman–Crippen MR) is 85.6 cm³/mol. The van der Waals surface area contributed by atoms with Crippen LogP contribution in [0.15, 0.2) is 18.5 Å². The van der Waals surface area contributed by atoms with Crippen molar-refractivity contribution in [2.75, 3.05) is 20.2 Å². The lowest BCUT2D eigenvalue weighted by Crippen LogP contribution is -2.38. The Morgan fingerprint density at radius 3 is 2.67 bits per heavy atom. The SMILES string of the molecule is COC(=O)N1CCC(c2nnc(Cn3cccn3)n2C2CC2)CC1. The zero-order valence-electron chi connectivity index (χ0n) is 13.8. The number of methoxy groups -OCH3 is 1. The van der Waals surface area contributed by atoms with E-state index >= 15 is 0 Å². The molecule has 1 amide bonds. The lowest BCUT2D eigenvalue weighted by molar-refractivity contribution is 0.111. The van der Waals surface area contributed by atoms with Gasteiger partial charge in [0, 0.05) is 37.4 Å². The Morgan fingerprint density at radius 1 is 1.25 bits per heavy atom. The summed E-state index contributed by atoms with van der Waals surface area (Å²) >= 11 is 0. The molecule has 1 saturated heterocycles. The topological polar surface area (TPSA) is 78.1 Å². The largest absolute Gasteiger partial charge is 0.453 e. The van der Waals surface area contributed by atoms with Crippen LogP contribution in [0.5, 0.6) is 0 Å². The minimum Gasteiger partial charge on any atom is -0.453 e. The van der Waals surface area contributed by atoms with Crippen molar-refractivity contribution in [2.24, 2.45) is 0 Å². The Hall–Kier alpha value is -2.38. The molecule has 0 spiro atoms. The third-order valence-corrected chi connectivity index (χ3v) is 4.86. The van der Waals surface area contributed by atoms with Gasteiger partial charge >= 0.3 is 6.09 Å². The van der Waals surface area contributed by atoms with Crippen molar-refractivity contribution in [3.05, 3.63) is 30.1 Å². The van der Waals surface area contributed by atoms with Crippen LogP contribution in [-0.4, -0.2) is 55.7 Å². The molecule has 2 fully saturated rings. The van der Waals surface area contributed by atoms with Gasteiger partial charge in [-0.3, -0.25) is 4.68 Å². The Labute approximate surface area is 140 Å². The summed E-state index contributed by atoms with van der Waals surface area (Å²) in [6.45, 7) is 2.07. The van der Waals surface area contributed by atoms with E-state index in [1.54, 1.807) is 11.1 Å². The van der Waals surface area contributed by atoms with Gasteiger partial charge in [0.2, 0.25) is 0 Å². The number of hydrogen-bond donors (Lipinski definition) is 0. The summed E-state index contributed by atoms with van der Waals surface area (Å²) in [7, 11) is 1.43. The van der Waals surface area contributed by atoms with E-state index in [1.807, 2.05) is 16.9 Å². The number of hydrogen-bond acceptors (Lipinski definition) is 5. The van der Waals surface area contributed by atoms with Gasteiger partial charge in [-0.2, -0.15) is 5.10 Å². The van der Waals surface area contributed by atoms with Crippen molar-refractivity contribution >= 4 is 6.09 Å². The summed E-state index contributed by atoms with van der Waals surface area (Å²) in [5, 5.41) is 13.2. The second kappa shape index (κ2) is 6.26. The van der Waals surface area contributed by atoms with Crippen LogP contribution >= 0.6 is 0 Å². The fourth-order valence-electron chi connectivity index (χ4n) is 3.44. The molecular weight excluding hydrogens is 308 g/mol. The van der Waals surface area contributed by atoms with E-state index < -0.39 is 0 Å². The average molecular weight is 330 g/mol. The Bertz CT molecular complexity index is 698. The predicted octanol–water partition coefficient (Wildman–Crippen LogP) is 1.80. The molecule has 4 rings (SSSR count). The van der Waals surface area contributed by atoms with Gasteiger partial charge in [-0.05, 0) is 31.7 Å². The molecular formula is C16H22N6O2. The molecule has 2 aromatic heterocycles. The molecule has 0 radical (unpaired) electrons. The number of aromatic nitrogens is 5. The van der Waals surface area contributed by atoms with E-state index in [0.29, 0.717) is 31.6 Å². The van der Waals surface area contributed by atoms with Crippen LogP contribution < -0.4 is 0 Å². The normalized spacial score (nSPS) is 18.8. The van der Waals surface area contributed by atoms with Crippen molar-refractivity contribution in [1.29, 1.82) is 0 Å². The third-order valence-electron chi connectivity index (χ3n) is 4.86. The number of likely N-dealkylation sites (tertiary alicyclic amines) is 1. The maximum absolute atomic E-state index is 11.6. The van der Waals surface area contributed by atoms with Crippen LogP contribution in [0.4, 0.5) is 4.79 Å². The number of amides is 1.